The van der Waals surface area contributed by atoms with Crippen molar-refractivity contribution in [2.75, 3.05) is 13.2 Å². The lowest BCUT2D eigenvalue weighted by molar-refractivity contribution is -0.0113. The average molecular weight is 421 g/mol. The Morgan fingerprint density at radius 1 is 1.29 bits per heavy atom. The molecule has 0 saturated carbocycles. The zero-order valence-corrected chi connectivity index (χ0v) is 15.8. The summed E-state index contributed by atoms with van der Waals surface area (Å²) in [7, 11) is 0. The zero-order chi connectivity index (χ0) is 15.2. The molecule has 1 saturated heterocycles. The Morgan fingerprint density at radius 2 is 2.00 bits per heavy atom. The van der Waals surface area contributed by atoms with Gasteiger partial charge in [0.25, 0.3) is 0 Å². The molecule has 0 aromatic heterocycles. The van der Waals surface area contributed by atoms with Crippen molar-refractivity contribution in [2.45, 2.75) is 51.8 Å². The van der Waals surface area contributed by atoms with Gasteiger partial charge in [0, 0.05) is 19.2 Å². The average Bonchev–Trinajstić information content (AvgIpc) is 2.45. The second kappa shape index (κ2) is 8.51. The summed E-state index contributed by atoms with van der Waals surface area (Å²) >= 11 is 7.21. The highest BCUT2D eigenvalue weighted by Crippen LogP contribution is 2.35. The maximum atomic E-state index is 5.95. The summed E-state index contributed by atoms with van der Waals surface area (Å²) in [6.07, 6.45) is 3.71. The van der Waals surface area contributed by atoms with Gasteiger partial charge in [-0.2, -0.15) is 0 Å². The largest absolute Gasteiger partial charge is 0.489 e. The first-order chi connectivity index (χ1) is 10.1. The minimum Gasteiger partial charge on any atom is -0.489 e. The number of ether oxygens (including phenoxy) is 2. The van der Waals surface area contributed by atoms with Gasteiger partial charge < -0.3 is 14.8 Å². The second-order valence-corrected chi connectivity index (χ2v) is 7.43. The first kappa shape index (κ1) is 17.3. The minimum atomic E-state index is 0.222. The summed E-state index contributed by atoms with van der Waals surface area (Å²) in [5.41, 5.74) is 1.23. The van der Waals surface area contributed by atoms with Gasteiger partial charge in [-0.05, 0) is 68.8 Å². The Kier molecular flexibility index (Phi) is 6.99. The Labute approximate surface area is 144 Å². The van der Waals surface area contributed by atoms with Crippen LogP contribution in [-0.4, -0.2) is 25.4 Å². The molecule has 1 aliphatic heterocycles. The predicted octanol–water partition coefficient (Wildman–Crippen LogP) is 4.66. The van der Waals surface area contributed by atoms with E-state index in [-0.39, 0.29) is 6.10 Å². The van der Waals surface area contributed by atoms with Gasteiger partial charge in [0.15, 0.2) is 0 Å². The highest BCUT2D eigenvalue weighted by atomic mass is 79.9. The first-order valence-corrected chi connectivity index (χ1v) is 9.10. The molecule has 118 valence electrons. The van der Waals surface area contributed by atoms with Gasteiger partial charge >= 0.3 is 0 Å². The fourth-order valence-corrected chi connectivity index (χ4v) is 3.80. The summed E-state index contributed by atoms with van der Waals surface area (Å²) in [6, 6.07) is 4.69. The van der Waals surface area contributed by atoms with E-state index in [4.69, 9.17) is 9.47 Å². The molecule has 1 fully saturated rings. The van der Waals surface area contributed by atoms with Gasteiger partial charge in [-0.1, -0.05) is 13.8 Å². The van der Waals surface area contributed by atoms with E-state index in [0.29, 0.717) is 12.6 Å². The lowest BCUT2D eigenvalue weighted by Crippen LogP contribution is -2.26. The smallest absolute Gasteiger partial charge is 0.147 e. The summed E-state index contributed by atoms with van der Waals surface area (Å²) in [5, 5.41) is 3.42. The molecule has 5 heteroatoms. The van der Waals surface area contributed by atoms with Gasteiger partial charge in [0.1, 0.15) is 12.4 Å². The van der Waals surface area contributed by atoms with Crippen LogP contribution in [0.2, 0.25) is 0 Å². The molecule has 0 spiro atoms. The first-order valence-electron chi connectivity index (χ1n) is 7.52. The number of rotatable bonds is 6. The van der Waals surface area contributed by atoms with Crippen molar-refractivity contribution in [3.8, 4) is 5.75 Å². The minimum absolute atomic E-state index is 0.222. The van der Waals surface area contributed by atoms with E-state index in [9.17, 15) is 0 Å². The van der Waals surface area contributed by atoms with Crippen LogP contribution >= 0.6 is 31.9 Å². The monoisotopic (exact) mass is 419 g/mol. The molecule has 0 bridgehead atoms. The maximum absolute atomic E-state index is 5.95. The van der Waals surface area contributed by atoms with E-state index in [1.807, 2.05) is 0 Å². The van der Waals surface area contributed by atoms with Crippen LogP contribution in [0.15, 0.2) is 21.1 Å². The van der Waals surface area contributed by atoms with E-state index in [1.165, 1.54) is 18.4 Å². The fraction of sp³-hybridized carbons (Fsp3) is 0.625. The van der Waals surface area contributed by atoms with E-state index >= 15 is 0 Å². The summed E-state index contributed by atoms with van der Waals surface area (Å²) < 4.78 is 13.6. The molecule has 0 aliphatic carbocycles. The third kappa shape index (κ3) is 5.55. The fourth-order valence-electron chi connectivity index (χ4n) is 2.29. The second-order valence-electron chi connectivity index (χ2n) is 5.72. The zero-order valence-electron chi connectivity index (χ0n) is 12.6. The number of benzene rings is 1. The summed E-state index contributed by atoms with van der Waals surface area (Å²) in [6.45, 7) is 6.61. The van der Waals surface area contributed by atoms with Crippen molar-refractivity contribution in [3.63, 3.8) is 0 Å². The normalized spacial score (nSPS) is 19.0. The molecule has 1 aliphatic rings. The molecule has 1 aromatic rings. The van der Waals surface area contributed by atoms with E-state index < -0.39 is 0 Å². The molecule has 21 heavy (non-hydrogen) atoms. The molecule has 1 unspecified atom stereocenters. The molecular weight excluding hydrogens is 398 g/mol. The number of hydrogen-bond acceptors (Lipinski definition) is 3. The lowest BCUT2D eigenvalue weighted by atomic mass is 10.1. The number of hydrogen-bond donors (Lipinski definition) is 1. The van der Waals surface area contributed by atoms with Crippen molar-refractivity contribution in [3.05, 3.63) is 26.6 Å². The molecule has 1 N–H and O–H groups in total. The van der Waals surface area contributed by atoms with E-state index in [0.717, 1.165) is 34.3 Å². The van der Waals surface area contributed by atoms with Crippen molar-refractivity contribution < 1.29 is 9.47 Å². The van der Waals surface area contributed by atoms with Gasteiger partial charge in [-0.15, -0.1) is 0 Å². The van der Waals surface area contributed by atoms with Crippen molar-refractivity contribution in [1.82, 2.24) is 5.32 Å². The van der Waals surface area contributed by atoms with Crippen LogP contribution in [0.4, 0.5) is 0 Å². The molecule has 0 radical (unpaired) electrons. The summed E-state index contributed by atoms with van der Waals surface area (Å²) in [4.78, 5) is 0. The molecule has 1 heterocycles. The standard InChI is InChI=1S/C16H23Br2NO2/c1-11(2)19-9-12-7-14(17)16(15(18)8-12)21-10-13-5-3-4-6-20-13/h7-8,11,13,19H,3-6,9-10H2,1-2H3. The highest BCUT2D eigenvalue weighted by Gasteiger charge is 2.16. The Balaban J connectivity index is 1.95. The SMILES string of the molecule is CC(C)NCc1cc(Br)c(OCC2CCCCO2)c(Br)c1. The van der Waals surface area contributed by atoms with Crippen LogP contribution < -0.4 is 10.1 Å². The predicted molar refractivity (Wildman–Crippen MR) is 92.9 cm³/mol. The Morgan fingerprint density at radius 3 is 2.57 bits per heavy atom. The van der Waals surface area contributed by atoms with Crippen LogP contribution in [0.25, 0.3) is 0 Å². The third-order valence-electron chi connectivity index (χ3n) is 3.46. The van der Waals surface area contributed by atoms with Gasteiger partial charge in [0.2, 0.25) is 0 Å². The van der Waals surface area contributed by atoms with Crippen LogP contribution in [0.1, 0.15) is 38.7 Å². The Bertz CT molecular complexity index is 437. The van der Waals surface area contributed by atoms with Crippen LogP contribution in [0, 0.1) is 0 Å². The van der Waals surface area contributed by atoms with Gasteiger partial charge in [-0.3, -0.25) is 0 Å². The summed E-state index contributed by atoms with van der Waals surface area (Å²) in [5.74, 6) is 0.859. The molecule has 0 amide bonds. The molecule has 1 aromatic carbocycles. The number of halogens is 2. The van der Waals surface area contributed by atoms with Gasteiger partial charge in [0.05, 0.1) is 15.0 Å². The quantitative estimate of drug-likeness (QED) is 0.725. The van der Waals surface area contributed by atoms with Crippen molar-refractivity contribution >= 4 is 31.9 Å². The van der Waals surface area contributed by atoms with Crippen molar-refractivity contribution in [2.24, 2.45) is 0 Å². The number of nitrogens with one attached hydrogen (secondary N) is 1. The van der Waals surface area contributed by atoms with Gasteiger partial charge in [-0.25, -0.2) is 0 Å². The topological polar surface area (TPSA) is 30.5 Å². The molecule has 3 nitrogen and oxygen atoms in total. The molecule has 1 atom stereocenters. The molecule has 2 rings (SSSR count). The lowest BCUT2D eigenvalue weighted by Gasteiger charge is -2.23. The van der Waals surface area contributed by atoms with Crippen LogP contribution in [-0.2, 0) is 11.3 Å². The van der Waals surface area contributed by atoms with Crippen molar-refractivity contribution in [1.29, 1.82) is 0 Å². The van der Waals surface area contributed by atoms with Crippen LogP contribution in [0.3, 0.4) is 0 Å². The van der Waals surface area contributed by atoms with E-state index in [1.54, 1.807) is 0 Å². The van der Waals surface area contributed by atoms with E-state index in [2.05, 4.69) is 63.2 Å². The maximum Gasteiger partial charge on any atom is 0.147 e. The van der Waals surface area contributed by atoms with Crippen LogP contribution in [0.5, 0.6) is 5.75 Å². The Hall–Kier alpha value is -0.100. The molecular formula is C16H23Br2NO2. The highest BCUT2D eigenvalue weighted by molar-refractivity contribution is 9.11. The third-order valence-corrected chi connectivity index (χ3v) is 4.64.